The van der Waals surface area contributed by atoms with E-state index in [2.05, 4.69) is 39.0 Å². The first kappa shape index (κ1) is 23.9. The maximum absolute atomic E-state index is 13.5. The van der Waals surface area contributed by atoms with Crippen LogP contribution in [0.4, 0.5) is 26.2 Å². The number of carbonyl (C=O) groups is 2. The Morgan fingerprint density at radius 2 is 1.58 bits per heavy atom. The van der Waals surface area contributed by atoms with E-state index in [1.165, 1.54) is 35.7 Å². The number of benzene rings is 3. The van der Waals surface area contributed by atoms with E-state index in [9.17, 15) is 14.0 Å². The molecule has 0 bridgehead atoms. The van der Waals surface area contributed by atoms with E-state index in [0.717, 1.165) is 50.9 Å². The first-order valence-corrected chi connectivity index (χ1v) is 12.7. The molecule has 0 aromatic heterocycles. The van der Waals surface area contributed by atoms with Gasteiger partial charge in [0.15, 0.2) is 0 Å². The van der Waals surface area contributed by atoms with E-state index >= 15 is 0 Å². The largest absolute Gasteiger partial charge is 0.366 e. The minimum Gasteiger partial charge on any atom is -0.366 e. The number of halogens is 1. The molecule has 7 heteroatoms. The highest BCUT2D eigenvalue weighted by Gasteiger charge is 2.24. The first-order chi connectivity index (χ1) is 17.5. The lowest BCUT2D eigenvalue weighted by molar-refractivity contribution is 0.0928. The lowest BCUT2D eigenvalue weighted by Gasteiger charge is -2.32. The summed E-state index contributed by atoms with van der Waals surface area (Å²) >= 11 is 0. The van der Waals surface area contributed by atoms with E-state index in [-0.39, 0.29) is 11.9 Å². The SMILES string of the molecule is O=C(Nc1cccc(F)c1)Nc1ccc(N2CCc3ccccc3C2)c(C(=O)NC2CCCCC2)c1. The molecular weight excluding hydrogens is 455 g/mol. The Morgan fingerprint density at radius 3 is 2.36 bits per heavy atom. The molecule has 6 nitrogen and oxygen atoms in total. The van der Waals surface area contributed by atoms with Gasteiger partial charge in [-0.3, -0.25) is 4.79 Å². The predicted octanol–water partition coefficient (Wildman–Crippen LogP) is 6.09. The zero-order valence-electron chi connectivity index (χ0n) is 20.2. The van der Waals surface area contributed by atoms with Gasteiger partial charge < -0.3 is 20.9 Å². The van der Waals surface area contributed by atoms with Crippen molar-refractivity contribution in [1.82, 2.24) is 5.32 Å². The van der Waals surface area contributed by atoms with Gasteiger partial charge in [-0.2, -0.15) is 0 Å². The topological polar surface area (TPSA) is 73.5 Å². The number of hydrogen-bond acceptors (Lipinski definition) is 3. The summed E-state index contributed by atoms with van der Waals surface area (Å²) in [5, 5.41) is 8.64. The fourth-order valence-corrected chi connectivity index (χ4v) is 5.14. The Morgan fingerprint density at radius 1 is 0.833 bits per heavy atom. The molecule has 1 saturated carbocycles. The highest BCUT2D eigenvalue weighted by Crippen LogP contribution is 2.30. The molecule has 1 aliphatic heterocycles. The fraction of sp³-hybridized carbons (Fsp3) is 0.310. The minimum absolute atomic E-state index is 0.120. The van der Waals surface area contributed by atoms with E-state index in [1.807, 2.05) is 12.1 Å². The van der Waals surface area contributed by atoms with Crippen LogP contribution in [0.15, 0.2) is 66.7 Å². The number of rotatable bonds is 5. The van der Waals surface area contributed by atoms with Gasteiger partial charge in [-0.25, -0.2) is 9.18 Å². The summed E-state index contributed by atoms with van der Waals surface area (Å²) in [6.07, 6.45) is 6.37. The lowest BCUT2D eigenvalue weighted by Crippen LogP contribution is -2.38. The maximum atomic E-state index is 13.5. The number of carbonyl (C=O) groups excluding carboxylic acids is 2. The number of amides is 3. The van der Waals surface area contributed by atoms with Crippen molar-refractivity contribution in [2.24, 2.45) is 0 Å². The van der Waals surface area contributed by atoms with Gasteiger partial charge in [0.05, 0.1) is 5.56 Å². The average Bonchev–Trinajstić information content (AvgIpc) is 2.89. The highest BCUT2D eigenvalue weighted by molar-refractivity contribution is 6.04. The van der Waals surface area contributed by atoms with Gasteiger partial charge in [-0.05, 0) is 66.8 Å². The Labute approximate surface area is 210 Å². The number of hydrogen-bond donors (Lipinski definition) is 3. The van der Waals surface area contributed by atoms with Gasteiger partial charge >= 0.3 is 6.03 Å². The molecule has 3 aromatic carbocycles. The van der Waals surface area contributed by atoms with Crippen molar-refractivity contribution in [3.63, 3.8) is 0 Å². The molecule has 1 aliphatic carbocycles. The predicted molar refractivity (Wildman–Crippen MR) is 141 cm³/mol. The number of urea groups is 1. The quantitative estimate of drug-likeness (QED) is 0.408. The van der Waals surface area contributed by atoms with Crippen LogP contribution in [0.2, 0.25) is 0 Å². The van der Waals surface area contributed by atoms with Crippen LogP contribution in [0, 0.1) is 5.82 Å². The van der Waals surface area contributed by atoms with Crippen LogP contribution in [-0.4, -0.2) is 24.5 Å². The lowest BCUT2D eigenvalue weighted by atomic mass is 9.95. The van der Waals surface area contributed by atoms with Crippen molar-refractivity contribution >= 4 is 29.0 Å². The van der Waals surface area contributed by atoms with Crippen LogP contribution in [-0.2, 0) is 13.0 Å². The van der Waals surface area contributed by atoms with Gasteiger partial charge in [0.1, 0.15) is 5.82 Å². The molecule has 0 spiro atoms. The summed E-state index contributed by atoms with van der Waals surface area (Å²) in [6, 6.07) is 19.2. The van der Waals surface area contributed by atoms with Crippen molar-refractivity contribution in [3.05, 3.63) is 89.2 Å². The van der Waals surface area contributed by atoms with E-state index < -0.39 is 11.8 Å². The third-order valence-electron chi connectivity index (χ3n) is 6.99. The number of anilines is 3. The molecule has 1 heterocycles. The Kier molecular flexibility index (Phi) is 7.16. The summed E-state index contributed by atoms with van der Waals surface area (Å²) in [4.78, 5) is 28.3. The van der Waals surface area contributed by atoms with Crippen LogP contribution in [0.1, 0.15) is 53.6 Å². The molecule has 5 rings (SSSR count). The summed E-state index contributed by atoms with van der Waals surface area (Å²) < 4.78 is 13.5. The molecule has 3 amide bonds. The molecule has 36 heavy (non-hydrogen) atoms. The molecule has 2 aliphatic rings. The fourth-order valence-electron chi connectivity index (χ4n) is 5.14. The molecule has 0 unspecified atom stereocenters. The van der Waals surface area contributed by atoms with Gasteiger partial charge in [0, 0.05) is 36.2 Å². The standard InChI is InChI=1S/C29H31FN4O2/c30-22-9-6-12-24(17-22)32-29(36)33-25-13-14-27(34-16-15-20-7-4-5-8-21(20)19-34)26(18-25)28(35)31-23-10-2-1-3-11-23/h4-9,12-14,17-18,23H,1-3,10-11,15-16,19H2,(H,31,35)(H2,32,33,36). The summed E-state index contributed by atoms with van der Waals surface area (Å²) in [5.74, 6) is -0.549. The second kappa shape index (κ2) is 10.8. The Hall–Kier alpha value is -3.87. The smallest absolute Gasteiger partial charge is 0.323 e. The van der Waals surface area contributed by atoms with Gasteiger partial charge in [-0.15, -0.1) is 0 Å². The normalized spacial score (nSPS) is 15.6. The van der Waals surface area contributed by atoms with Crippen molar-refractivity contribution in [2.75, 3.05) is 22.1 Å². The van der Waals surface area contributed by atoms with Gasteiger partial charge in [0.25, 0.3) is 5.91 Å². The van der Waals surface area contributed by atoms with Crippen LogP contribution < -0.4 is 20.9 Å². The molecule has 186 valence electrons. The summed E-state index contributed by atoms with van der Waals surface area (Å²) in [7, 11) is 0. The van der Waals surface area contributed by atoms with E-state index in [4.69, 9.17) is 0 Å². The number of nitrogens with zero attached hydrogens (tertiary/aromatic N) is 1. The molecule has 0 saturated heterocycles. The van der Waals surface area contributed by atoms with Crippen LogP contribution in [0.3, 0.4) is 0 Å². The minimum atomic E-state index is -0.501. The van der Waals surface area contributed by atoms with Gasteiger partial charge in [-0.1, -0.05) is 49.6 Å². The molecule has 1 fully saturated rings. The summed E-state index contributed by atoms with van der Waals surface area (Å²) in [6.45, 7) is 1.54. The Bertz CT molecular complexity index is 1260. The van der Waals surface area contributed by atoms with Crippen LogP contribution >= 0.6 is 0 Å². The first-order valence-electron chi connectivity index (χ1n) is 12.7. The Balaban J connectivity index is 1.38. The molecule has 0 radical (unpaired) electrons. The van der Waals surface area contributed by atoms with E-state index in [0.29, 0.717) is 16.9 Å². The second-order valence-electron chi connectivity index (χ2n) is 9.57. The summed E-state index contributed by atoms with van der Waals surface area (Å²) in [5.41, 5.74) is 4.86. The number of fused-ring (bicyclic) bond motifs is 1. The molecule has 0 atom stereocenters. The van der Waals surface area contributed by atoms with Crippen molar-refractivity contribution < 1.29 is 14.0 Å². The van der Waals surface area contributed by atoms with Crippen LogP contribution in [0.5, 0.6) is 0 Å². The zero-order chi connectivity index (χ0) is 24.9. The third-order valence-corrected chi connectivity index (χ3v) is 6.99. The monoisotopic (exact) mass is 486 g/mol. The maximum Gasteiger partial charge on any atom is 0.323 e. The highest BCUT2D eigenvalue weighted by atomic mass is 19.1. The van der Waals surface area contributed by atoms with Crippen molar-refractivity contribution in [1.29, 1.82) is 0 Å². The van der Waals surface area contributed by atoms with Crippen LogP contribution in [0.25, 0.3) is 0 Å². The van der Waals surface area contributed by atoms with Crippen molar-refractivity contribution in [3.8, 4) is 0 Å². The van der Waals surface area contributed by atoms with Gasteiger partial charge in [0.2, 0.25) is 0 Å². The third kappa shape index (κ3) is 5.67. The van der Waals surface area contributed by atoms with E-state index in [1.54, 1.807) is 18.2 Å². The molecular formula is C29H31FN4O2. The zero-order valence-corrected chi connectivity index (χ0v) is 20.2. The average molecular weight is 487 g/mol. The second-order valence-corrected chi connectivity index (χ2v) is 9.57. The van der Waals surface area contributed by atoms with Crippen molar-refractivity contribution in [2.45, 2.75) is 51.1 Å². The molecule has 3 N–H and O–H groups in total. The number of nitrogens with one attached hydrogen (secondary N) is 3. The molecule has 3 aromatic rings.